The first kappa shape index (κ1) is 13.6. The van der Waals surface area contributed by atoms with Gasteiger partial charge in [0.1, 0.15) is 11.3 Å². The van der Waals surface area contributed by atoms with Crippen LogP contribution in [0, 0.1) is 6.92 Å². The molecule has 3 heterocycles. The normalized spacial score (nSPS) is 13.2. The first-order chi connectivity index (χ1) is 9.61. The van der Waals surface area contributed by atoms with Gasteiger partial charge in [0.05, 0.1) is 23.1 Å². The summed E-state index contributed by atoms with van der Waals surface area (Å²) in [6, 6.07) is 0. The van der Waals surface area contributed by atoms with Crippen LogP contribution in [0.1, 0.15) is 35.6 Å². The molecule has 0 aliphatic rings. The molecule has 1 unspecified atom stereocenters. The summed E-state index contributed by atoms with van der Waals surface area (Å²) < 4.78 is 4.14. The van der Waals surface area contributed by atoms with Gasteiger partial charge >= 0.3 is 0 Å². The molecule has 20 heavy (non-hydrogen) atoms. The highest BCUT2D eigenvalue weighted by Gasteiger charge is 2.21. The van der Waals surface area contributed by atoms with E-state index in [1.807, 2.05) is 30.2 Å². The Labute approximate surface area is 126 Å². The molecule has 0 aliphatic heterocycles. The molecule has 0 fully saturated rings. The number of imidazole rings is 1. The van der Waals surface area contributed by atoms with Gasteiger partial charge in [-0.2, -0.15) is 5.10 Å². The van der Waals surface area contributed by atoms with E-state index in [9.17, 15) is 0 Å². The third kappa shape index (κ3) is 2.13. The number of hydrogen-bond donors (Lipinski definition) is 0. The molecule has 3 rings (SSSR count). The number of aryl methyl sites for hydroxylation is 2. The Morgan fingerprint density at radius 2 is 2.25 bits per heavy atom. The van der Waals surface area contributed by atoms with E-state index in [1.165, 1.54) is 4.88 Å². The summed E-state index contributed by atoms with van der Waals surface area (Å²) in [5.41, 5.74) is 4.78. The van der Waals surface area contributed by atoms with Crippen LogP contribution in [0.5, 0.6) is 0 Å². The van der Waals surface area contributed by atoms with Crippen molar-refractivity contribution in [2.75, 3.05) is 0 Å². The Balaban J connectivity index is 2.22. The number of alkyl halides is 1. The molecule has 0 amide bonds. The first-order valence-corrected chi connectivity index (χ1v) is 7.88. The van der Waals surface area contributed by atoms with Gasteiger partial charge in [-0.05, 0) is 20.8 Å². The number of thiazole rings is 1. The first-order valence-electron chi connectivity index (χ1n) is 6.56. The summed E-state index contributed by atoms with van der Waals surface area (Å²) >= 11 is 7.94. The quantitative estimate of drug-likeness (QED) is 0.694. The molecular weight excluding hydrogens is 294 g/mol. The van der Waals surface area contributed by atoms with Crippen molar-refractivity contribution in [1.29, 1.82) is 0 Å². The largest absolute Gasteiger partial charge is 0.306 e. The van der Waals surface area contributed by atoms with Crippen molar-refractivity contribution in [3.05, 3.63) is 28.1 Å². The van der Waals surface area contributed by atoms with E-state index in [2.05, 4.69) is 21.6 Å². The van der Waals surface area contributed by atoms with E-state index >= 15 is 0 Å². The fourth-order valence-corrected chi connectivity index (χ4v) is 3.15. The number of fused-ring (bicyclic) bond motifs is 1. The van der Waals surface area contributed by atoms with Crippen LogP contribution in [0.25, 0.3) is 11.2 Å². The Hall–Kier alpha value is -1.40. The summed E-state index contributed by atoms with van der Waals surface area (Å²) in [7, 11) is 0. The third-order valence-corrected chi connectivity index (χ3v) is 4.24. The molecule has 106 valence electrons. The second kappa shape index (κ2) is 5.18. The summed E-state index contributed by atoms with van der Waals surface area (Å²) in [6.07, 6.45) is 1.89. The van der Waals surface area contributed by atoms with Gasteiger partial charge in [-0.1, -0.05) is 0 Å². The lowest BCUT2D eigenvalue weighted by Gasteiger charge is -2.10. The second-order valence-corrected chi connectivity index (χ2v) is 6.34. The van der Waals surface area contributed by atoms with Gasteiger partial charge in [-0.3, -0.25) is 4.98 Å². The summed E-state index contributed by atoms with van der Waals surface area (Å²) in [5.74, 6) is 0.887. The molecule has 3 aromatic heterocycles. The molecule has 5 nitrogen and oxygen atoms in total. The molecule has 1 atom stereocenters. The monoisotopic (exact) mass is 309 g/mol. The van der Waals surface area contributed by atoms with Crippen molar-refractivity contribution < 1.29 is 0 Å². The zero-order valence-corrected chi connectivity index (χ0v) is 13.2. The fraction of sp³-hybridized carbons (Fsp3) is 0.462. The van der Waals surface area contributed by atoms with Crippen LogP contribution in [-0.2, 0) is 13.1 Å². The lowest BCUT2D eigenvalue weighted by molar-refractivity contribution is 0.635. The maximum Gasteiger partial charge on any atom is 0.159 e. The van der Waals surface area contributed by atoms with Crippen molar-refractivity contribution in [3.63, 3.8) is 0 Å². The Kier molecular flexibility index (Phi) is 3.52. The predicted octanol–water partition coefficient (Wildman–Crippen LogP) is 3.37. The van der Waals surface area contributed by atoms with Crippen LogP contribution in [-0.4, -0.2) is 24.3 Å². The van der Waals surface area contributed by atoms with Gasteiger partial charge in [-0.25, -0.2) is 9.67 Å². The van der Waals surface area contributed by atoms with E-state index in [0.717, 1.165) is 35.8 Å². The van der Waals surface area contributed by atoms with E-state index in [4.69, 9.17) is 16.6 Å². The standard InChI is InChI=1S/C13H16ClN5S/c1-4-19-13-11(9(3)17-19)16-12(8(2)14)18(13)6-10-5-15-7-20-10/h5,7-8H,4,6H2,1-3H3. The van der Waals surface area contributed by atoms with Gasteiger partial charge in [0.15, 0.2) is 5.65 Å². The van der Waals surface area contributed by atoms with Crippen molar-refractivity contribution in [2.45, 2.75) is 39.2 Å². The fourth-order valence-electron chi connectivity index (χ4n) is 2.40. The summed E-state index contributed by atoms with van der Waals surface area (Å²) in [5, 5.41) is 4.40. The molecule has 0 bridgehead atoms. The summed E-state index contributed by atoms with van der Waals surface area (Å²) in [4.78, 5) is 10.0. The van der Waals surface area contributed by atoms with Crippen LogP contribution < -0.4 is 0 Å². The minimum absolute atomic E-state index is 0.139. The smallest absolute Gasteiger partial charge is 0.159 e. The average molecular weight is 310 g/mol. The van der Waals surface area contributed by atoms with Crippen molar-refractivity contribution >= 4 is 34.1 Å². The molecule has 3 aromatic rings. The zero-order chi connectivity index (χ0) is 14.3. The van der Waals surface area contributed by atoms with E-state index in [-0.39, 0.29) is 5.38 Å². The van der Waals surface area contributed by atoms with Crippen molar-refractivity contribution in [3.8, 4) is 0 Å². The number of halogens is 1. The van der Waals surface area contributed by atoms with E-state index < -0.39 is 0 Å². The minimum Gasteiger partial charge on any atom is -0.306 e. The molecule has 0 radical (unpaired) electrons. The van der Waals surface area contributed by atoms with Crippen LogP contribution in [0.3, 0.4) is 0 Å². The number of aromatic nitrogens is 5. The molecule has 0 N–H and O–H groups in total. The lowest BCUT2D eigenvalue weighted by Crippen LogP contribution is -2.09. The van der Waals surface area contributed by atoms with Gasteiger partial charge in [0.2, 0.25) is 0 Å². The Morgan fingerprint density at radius 1 is 1.45 bits per heavy atom. The number of nitrogens with zero attached hydrogens (tertiary/aromatic N) is 5. The number of hydrogen-bond acceptors (Lipinski definition) is 4. The Morgan fingerprint density at radius 3 is 2.85 bits per heavy atom. The maximum atomic E-state index is 6.30. The van der Waals surface area contributed by atoms with Crippen LogP contribution in [0.2, 0.25) is 0 Å². The molecule has 7 heteroatoms. The summed E-state index contributed by atoms with van der Waals surface area (Å²) in [6.45, 7) is 7.57. The average Bonchev–Trinajstić information content (AvgIpc) is 3.09. The highest BCUT2D eigenvalue weighted by Crippen LogP contribution is 2.27. The van der Waals surface area contributed by atoms with Crippen LogP contribution in [0.4, 0.5) is 0 Å². The molecule has 0 spiro atoms. The topological polar surface area (TPSA) is 48.5 Å². The minimum atomic E-state index is -0.139. The third-order valence-electron chi connectivity index (χ3n) is 3.28. The highest BCUT2D eigenvalue weighted by molar-refractivity contribution is 7.09. The van der Waals surface area contributed by atoms with Gasteiger partial charge in [0, 0.05) is 17.6 Å². The van der Waals surface area contributed by atoms with Crippen molar-refractivity contribution in [2.24, 2.45) is 0 Å². The SMILES string of the molecule is CCn1nc(C)c2nc(C(C)Cl)n(Cc3cncs3)c21. The molecule has 0 aliphatic carbocycles. The second-order valence-electron chi connectivity index (χ2n) is 4.71. The predicted molar refractivity (Wildman–Crippen MR) is 81.4 cm³/mol. The molecular formula is C13H16ClN5S. The van der Waals surface area contributed by atoms with E-state index in [0.29, 0.717) is 0 Å². The molecule has 0 saturated carbocycles. The van der Waals surface area contributed by atoms with Gasteiger partial charge in [-0.15, -0.1) is 22.9 Å². The number of rotatable bonds is 4. The van der Waals surface area contributed by atoms with Crippen LogP contribution >= 0.6 is 22.9 Å². The van der Waals surface area contributed by atoms with Crippen LogP contribution in [0.15, 0.2) is 11.7 Å². The highest BCUT2D eigenvalue weighted by atomic mass is 35.5. The van der Waals surface area contributed by atoms with Gasteiger partial charge in [0.25, 0.3) is 0 Å². The Bertz CT molecular complexity index is 726. The molecule has 0 saturated heterocycles. The van der Waals surface area contributed by atoms with Crippen molar-refractivity contribution in [1.82, 2.24) is 24.3 Å². The van der Waals surface area contributed by atoms with E-state index in [1.54, 1.807) is 11.3 Å². The zero-order valence-electron chi connectivity index (χ0n) is 11.7. The maximum absolute atomic E-state index is 6.30. The van der Waals surface area contributed by atoms with Gasteiger partial charge < -0.3 is 4.57 Å². The molecule has 0 aromatic carbocycles. The lowest BCUT2D eigenvalue weighted by atomic mass is 10.4.